The lowest BCUT2D eigenvalue weighted by molar-refractivity contribution is -0.142. The van der Waals surface area contributed by atoms with Gasteiger partial charge in [0.1, 0.15) is 12.1 Å². The number of aromatic amines is 1. The molecule has 0 saturated heterocycles. The van der Waals surface area contributed by atoms with Crippen LogP contribution in [0.4, 0.5) is 0 Å². The average Bonchev–Trinajstić information content (AvgIpc) is 3.35. The number of fused-ring (bicyclic) bond motifs is 1. The van der Waals surface area contributed by atoms with Crippen LogP contribution in [0, 0.1) is 0 Å². The van der Waals surface area contributed by atoms with Gasteiger partial charge in [0, 0.05) is 30.1 Å². The topological polar surface area (TPSA) is 231 Å². The van der Waals surface area contributed by atoms with E-state index in [0.717, 1.165) is 22.0 Å². The molecule has 0 spiro atoms. The smallest absolute Gasteiger partial charge is 0.326 e. The molecule has 0 fully saturated rings. The van der Waals surface area contributed by atoms with E-state index in [0.29, 0.717) is 12.8 Å². The highest BCUT2D eigenvalue weighted by Crippen LogP contribution is 2.19. The van der Waals surface area contributed by atoms with Crippen LogP contribution in [-0.4, -0.2) is 71.0 Å². The summed E-state index contributed by atoms with van der Waals surface area (Å²) in [6.45, 7) is -0.219. The number of benzene rings is 2. The summed E-state index contributed by atoms with van der Waals surface area (Å²) in [6, 6.07) is 13.4. The Morgan fingerprint density at radius 3 is 2.32 bits per heavy atom. The number of guanidine groups is 1. The maximum atomic E-state index is 13.3. The maximum absolute atomic E-state index is 13.3. The zero-order valence-corrected chi connectivity index (χ0v) is 22.5. The molecular weight excluding hydrogens is 528 g/mol. The molecule has 3 atom stereocenters. The number of H-pyrrole nitrogens is 1. The van der Waals surface area contributed by atoms with E-state index >= 15 is 0 Å². The van der Waals surface area contributed by atoms with Gasteiger partial charge in [-0.05, 0) is 36.5 Å². The van der Waals surface area contributed by atoms with Crippen LogP contribution in [-0.2, 0) is 32.0 Å². The fourth-order valence-electron chi connectivity index (χ4n) is 4.27. The summed E-state index contributed by atoms with van der Waals surface area (Å²) in [7, 11) is 0. The zero-order valence-electron chi connectivity index (χ0n) is 22.5. The predicted molar refractivity (Wildman–Crippen MR) is 155 cm³/mol. The van der Waals surface area contributed by atoms with E-state index in [2.05, 4.69) is 25.9 Å². The number of carbonyl (C=O) groups is 4. The van der Waals surface area contributed by atoms with Gasteiger partial charge < -0.3 is 43.2 Å². The van der Waals surface area contributed by atoms with Crippen LogP contribution in [0.1, 0.15) is 24.0 Å². The molecule has 41 heavy (non-hydrogen) atoms. The second-order valence-corrected chi connectivity index (χ2v) is 9.55. The Morgan fingerprint density at radius 1 is 0.902 bits per heavy atom. The van der Waals surface area contributed by atoms with Crippen LogP contribution in [0.15, 0.2) is 65.8 Å². The fraction of sp³-hybridized carbons (Fsp3) is 0.321. The number of para-hydroxylation sites is 1. The minimum Gasteiger partial charge on any atom is -0.480 e. The number of aromatic nitrogens is 1. The van der Waals surface area contributed by atoms with Gasteiger partial charge in [0.2, 0.25) is 17.7 Å². The quantitative estimate of drug-likeness (QED) is 0.0680. The van der Waals surface area contributed by atoms with Crippen LogP contribution in [0.25, 0.3) is 10.9 Å². The number of nitrogens with one attached hydrogen (secondary N) is 4. The van der Waals surface area contributed by atoms with Gasteiger partial charge in [0.15, 0.2) is 5.96 Å². The summed E-state index contributed by atoms with van der Waals surface area (Å²) in [5, 5.41) is 18.1. The molecule has 2 aromatic carbocycles. The van der Waals surface area contributed by atoms with Crippen molar-refractivity contribution < 1.29 is 24.3 Å². The van der Waals surface area contributed by atoms with Crippen LogP contribution >= 0.6 is 0 Å². The van der Waals surface area contributed by atoms with Crippen LogP contribution in [0.2, 0.25) is 0 Å². The molecule has 218 valence electrons. The Bertz CT molecular complexity index is 1370. The molecule has 0 aliphatic heterocycles. The normalized spacial score (nSPS) is 13.0. The molecule has 0 aliphatic carbocycles. The van der Waals surface area contributed by atoms with Crippen LogP contribution < -0.4 is 33.2 Å². The van der Waals surface area contributed by atoms with Crippen LogP contribution in [0.3, 0.4) is 0 Å². The fourth-order valence-corrected chi connectivity index (χ4v) is 4.27. The van der Waals surface area contributed by atoms with E-state index < -0.39 is 48.4 Å². The average molecular weight is 565 g/mol. The van der Waals surface area contributed by atoms with Gasteiger partial charge in [-0.2, -0.15) is 0 Å². The molecule has 0 bridgehead atoms. The first kappa shape index (κ1) is 30.6. The van der Waals surface area contributed by atoms with Crippen molar-refractivity contribution in [3.05, 3.63) is 71.9 Å². The van der Waals surface area contributed by atoms with E-state index in [1.54, 1.807) is 6.20 Å². The molecule has 13 heteroatoms. The third-order valence-electron chi connectivity index (χ3n) is 6.37. The number of hydrogen-bond acceptors (Lipinski definition) is 6. The Hall–Kier alpha value is -4.91. The van der Waals surface area contributed by atoms with E-state index in [4.69, 9.17) is 17.2 Å². The van der Waals surface area contributed by atoms with Gasteiger partial charge in [-0.1, -0.05) is 48.5 Å². The predicted octanol–water partition coefficient (Wildman–Crippen LogP) is -0.496. The Labute approximate surface area is 236 Å². The van der Waals surface area contributed by atoms with Crippen molar-refractivity contribution in [2.24, 2.45) is 22.2 Å². The summed E-state index contributed by atoms with van der Waals surface area (Å²) in [5.74, 6) is -3.20. The highest BCUT2D eigenvalue weighted by molar-refractivity contribution is 5.93. The number of carboxylic acids is 1. The molecule has 0 radical (unpaired) electrons. The van der Waals surface area contributed by atoms with Gasteiger partial charge in [0.05, 0.1) is 12.6 Å². The minimum atomic E-state index is -1.24. The number of carboxylic acid groups (broad SMARTS) is 1. The molecule has 0 aliphatic rings. The summed E-state index contributed by atoms with van der Waals surface area (Å²) in [4.78, 5) is 57.3. The third-order valence-corrected chi connectivity index (χ3v) is 6.37. The van der Waals surface area contributed by atoms with Crippen molar-refractivity contribution in [3.63, 3.8) is 0 Å². The highest BCUT2D eigenvalue weighted by atomic mass is 16.4. The van der Waals surface area contributed by atoms with Crippen LogP contribution in [0.5, 0.6) is 0 Å². The number of hydrogen-bond donors (Lipinski definition) is 8. The van der Waals surface area contributed by atoms with Gasteiger partial charge in [0.25, 0.3) is 0 Å². The standard InChI is InChI=1S/C28H36N8O5/c29-20(13-17-7-2-1-3-8-17)25(38)34-16-24(37)35-23(14-18-15-33-21-10-5-4-9-19(18)21)26(39)36-22(27(40)41)11-6-12-32-28(30)31/h1-5,7-10,15,20,22-23,33H,6,11-14,16,29H2,(H,34,38)(H,35,37)(H,36,39)(H,40,41)(H4,30,31,32). The minimum absolute atomic E-state index is 0.0704. The van der Waals surface area contributed by atoms with Gasteiger partial charge in [-0.25, -0.2) is 4.79 Å². The molecular formula is C28H36N8O5. The lowest BCUT2D eigenvalue weighted by atomic mass is 10.0. The summed E-state index contributed by atoms with van der Waals surface area (Å²) in [5.41, 5.74) is 19.1. The zero-order chi connectivity index (χ0) is 29.8. The molecule has 13 nitrogen and oxygen atoms in total. The van der Waals surface area contributed by atoms with Crippen molar-refractivity contribution in [3.8, 4) is 0 Å². The summed E-state index contributed by atoms with van der Waals surface area (Å²) in [6.07, 6.45) is 2.47. The first-order chi connectivity index (χ1) is 19.6. The first-order valence-electron chi connectivity index (χ1n) is 13.1. The van der Waals surface area contributed by atoms with Gasteiger partial charge in [-0.15, -0.1) is 0 Å². The molecule has 3 unspecified atom stereocenters. The maximum Gasteiger partial charge on any atom is 0.326 e. The van der Waals surface area contributed by atoms with Crippen molar-refractivity contribution in [1.82, 2.24) is 20.9 Å². The second-order valence-electron chi connectivity index (χ2n) is 9.55. The number of nitrogens with two attached hydrogens (primary N) is 3. The first-order valence-corrected chi connectivity index (χ1v) is 13.1. The molecule has 3 amide bonds. The van der Waals surface area contributed by atoms with Gasteiger partial charge >= 0.3 is 5.97 Å². The molecule has 3 rings (SSSR count). The van der Waals surface area contributed by atoms with Crippen molar-refractivity contribution in [1.29, 1.82) is 0 Å². The number of nitrogens with zero attached hydrogens (tertiary/aromatic N) is 1. The van der Waals surface area contributed by atoms with Gasteiger partial charge in [-0.3, -0.25) is 19.4 Å². The Morgan fingerprint density at radius 2 is 1.61 bits per heavy atom. The number of rotatable bonds is 15. The van der Waals surface area contributed by atoms with Crippen molar-refractivity contribution in [2.45, 2.75) is 43.8 Å². The lowest BCUT2D eigenvalue weighted by Gasteiger charge is -2.22. The monoisotopic (exact) mass is 564 g/mol. The molecule has 1 heterocycles. The highest BCUT2D eigenvalue weighted by Gasteiger charge is 2.27. The van der Waals surface area contributed by atoms with E-state index in [-0.39, 0.29) is 25.3 Å². The second kappa shape index (κ2) is 15.0. The molecule has 1 aromatic heterocycles. The van der Waals surface area contributed by atoms with E-state index in [1.807, 2.05) is 54.6 Å². The van der Waals surface area contributed by atoms with Crippen molar-refractivity contribution >= 4 is 40.6 Å². The number of aliphatic carboxylic acids is 1. The lowest BCUT2D eigenvalue weighted by Crippen LogP contribution is -2.54. The molecule has 3 aromatic rings. The largest absolute Gasteiger partial charge is 0.480 e. The number of amides is 3. The summed E-state index contributed by atoms with van der Waals surface area (Å²) >= 11 is 0. The van der Waals surface area contributed by atoms with E-state index in [9.17, 15) is 24.3 Å². The molecule has 11 N–H and O–H groups in total. The molecule has 0 saturated carbocycles. The Kier molecular flexibility index (Phi) is 11.2. The van der Waals surface area contributed by atoms with E-state index in [1.165, 1.54) is 0 Å². The third kappa shape index (κ3) is 9.65. The summed E-state index contributed by atoms with van der Waals surface area (Å²) < 4.78 is 0. The SMILES string of the molecule is NC(N)=NCCCC(NC(=O)C(Cc1c[nH]c2ccccc12)NC(=O)CNC(=O)C(N)Cc1ccccc1)C(=O)O. The van der Waals surface area contributed by atoms with Crippen molar-refractivity contribution in [2.75, 3.05) is 13.1 Å². The Balaban J connectivity index is 1.66. The number of carbonyl (C=O) groups excluding carboxylic acids is 3. The number of aliphatic imine (C=N–C) groups is 1.